The van der Waals surface area contributed by atoms with E-state index in [0.717, 1.165) is 24.8 Å². The quantitative estimate of drug-likeness (QED) is 0.773. The van der Waals surface area contributed by atoms with E-state index < -0.39 is 10.0 Å². The molecule has 1 atom stereocenters. The minimum Gasteiger partial charge on any atom is -0.327 e. The monoisotopic (exact) mass is 298 g/mol. The van der Waals surface area contributed by atoms with Gasteiger partial charge in [-0.15, -0.1) is 0 Å². The molecule has 0 bridgehead atoms. The van der Waals surface area contributed by atoms with Crippen molar-refractivity contribution >= 4 is 10.0 Å². The zero-order chi connectivity index (χ0) is 15.2. The van der Waals surface area contributed by atoms with E-state index in [1.807, 2.05) is 12.1 Å². The number of aryl methyl sites for hydroxylation is 1. The van der Waals surface area contributed by atoms with Crippen molar-refractivity contribution in [1.82, 2.24) is 4.72 Å². The van der Waals surface area contributed by atoms with E-state index >= 15 is 0 Å². The summed E-state index contributed by atoms with van der Waals surface area (Å²) in [5.41, 5.74) is 7.05. The van der Waals surface area contributed by atoms with Gasteiger partial charge in [-0.05, 0) is 36.5 Å². The number of hydrogen-bond donors (Lipinski definition) is 2. The second kappa shape index (κ2) is 7.76. The summed E-state index contributed by atoms with van der Waals surface area (Å²) >= 11 is 0. The predicted molar refractivity (Wildman–Crippen MR) is 83.1 cm³/mol. The van der Waals surface area contributed by atoms with Gasteiger partial charge in [-0.1, -0.05) is 39.3 Å². The highest BCUT2D eigenvalue weighted by molar-refractivity contribution is 7.89. The standard InChI is InChI=1S/C15H26N2O2S/c1-4-5-13-6-8-15(9-7-13)20(18,19)17-11-14(16)10-12(2)3/h6-9,12,14,17H,4-5,10-11,16H2,1-3H3. The van der Waals surface area contributed by atoms with Gasteiger partial charge in [0.1, 0.15) is 0 Å². The molecule has 5 heteroatoms. The van der Waals surface area contributed by atoms with Crippen LogP contribution >= 0.6 is 0 Å². The van der Waals surface area contributed by atoms with E-state index in [9.17, 15) is 8.42 Å². The van der Waals surface area contributed by atoms with Crippen LogP contribution in [0.25, 0.3) is 0 Å². The molecule has 0 amide bonds. The Balaban J connectivity index is 2.64. The van der Waals surface area contributed by atoms with Crippen molar-refractivity contribution in [2.24, 2.45) is 11.7 Å². The minimum atomic E-state index is -3.45. The SMILES string of the molecule is CCCc1ccc(S(=O)(=O)NCC(N)CC(C)C)cc1. The van der Waals surface area contributed by atoms with Gasteiger partial charge in [0.15, 0.2) is 0 Å². The van der Waals surface area contributed by atoms with Gasteiger partial charge >= 0.3 is 0 Å². The first kappa shape index (κ1) is 17.1. The Hall–Kier alpha value is -0.910. The highest BCUT2D eigenvalue weighted by atomic mass is 32.2. The predicted octanol–water partition coefficient (Wildman–Crippen LogP) is 2.29. The Bertz CT molecular complexity index is 495. The molecule has 0 radical (unpaired) electrons. The zero-order valence-electron chi connectivity index (χ0n) is 12.6. The van der Waals surface area contributed by atoms with Crippen molar-refractivity contribution in [3.63, 3.8) is 0 Å². The molecule has 0 saturated heterocycles. The third kappa shape index (κ3) is 5.61. The Morgan fingerprint density at radius 1 is 1.20 bits per heavy atom. The number of nitrogens with two attached hydrogens (primary N) is 1. The molecule has 1 aromatic rings. The van der Waals surface area contributed by atoms with Gasteiger partial charge in [0.2, 0.25) is 10.0 Å². The van der Waals surface area contributed by atoms with Crippen molar-refractivity contribution < 1.29 is 8.42 Å². The Morgan fingerprint density at radius 3 is 2.30 bits per heavy atom. The third-order valence-corrected chi connectivity index (χ3v) is 4.52. The highest BCUT2D eigenvalue weighted by Crippen LogP contribution is 2.12. The summed E-state index contributed by atoms with van der Waals surface area (Å²) in [6.45, 7) is 6.52. The highest BCUT2D eigenvalue weighted by Gasteiger charge is 2.15. The minimum absolute atomic E-state index is 0.149. The van der Waals surface area contributed by atoms with Gasteiger partial charge in [0.25, 0.3) is 0 Å². The van der Waals surface area contributed by atoms with Crippen LogP contribution in [0.3, 0.4) is 0 Å². The fourth-order valence-electron chi connectivity index (χ4n) is 2.11. The van der Waals surface area contributed by atoms with Crippen LogP contribution in [0, 0.1) is 5.92 Å². The lowest BCUT2D eigenvalue weighted by atomic mass is 10.1. The van der Waals surface area contributed by atoms with Crippen LogP contribution in [0.15, 0.2) is 29.2 Å². The van der Waals surface area contributed by atoms with E-state index in [4.69, 9.17) is 5.73 Å². The molecule has 0 heterocycles. The topological polar surface area (TPSA) is 72.2 Å². The van der Waals surface area contributed by atoms with Crippen molar-refractivity contribution in [2.75, 3.05) is 6.54 Å². The first-order chi connectivity index (χ1) is 9.35. The van der Waals surface area contributed by atoms with Gasteiger partial charge in [-0.25, -0.2) is 13.1 Å². The molecule has 1 rings (SSSR count). The summed E-state index contributed by atoms with van der Waals surface area (Å²) < 4.78 is 26.8. The second-order valence-electron chi connectivity index (χ2n) is 5.64. The fourth-order valence-corrected chi connectivity index (χ4v) is 3.21. The average Bonchev–Trinajstić information content (AvgIpc) is 2.37. The molecular weight excluding hydrogens is 272 g/mol. The van der Waals surface area contributed by atoms with Gasteiger partial charge in [-0.3, -0.25) is 0 Å². The lowest BCUT2D eigenvalue weighted by molar-refractivity contribution is 0.486. The van der Waals surface area contributed by atoms with Gasteiger partial charge in [0.05, 0.1) is 4.90 Å². The van der Waals surface area contributed by atoms with Crippen molar-refractivity contribution in [1.29, 1.82) is 0 Å². The molecule has 0 aliphatic carbocycles. The molecular formula is C15H26N2O2S. The number of nitrogens with one attached hydrogen (secondary N) is 1. The number of benzene rings is 1. The van der Waals surface area contributed by atoms with Crippen LogP contribution < -0.4 is 10.5 Å². The lowest BCUT2D eigenvalue weighted by Gasteiger charge is -2.15. The number of sulfonamides is 1. The molecule has 0 saturated carbocycles. The summed E-state index contributed by atoms with van der Waals surface area (Å²) in [6, 6.07) is 6.89. The zero-order valence-corrected chi connectivity index (χ0v) is 13.4. The van der Waals surface area contributed by atoms with Crippen LogP contribution in [0.5, 0.6) is 0 Å². The lowest BCUT2D eigenvalue weighted by Crippen LogP contribution is -2.37. The molecule has 3 N–H and O–H groups in total. The van der Waals surface area contributed by atoms with Crippen molar-refractivity contribution in [2.45, 2.75) is 51.0 Å². The largest absolute Gasteiger partial charge is 0.327 e. The maximum absolute atomic E-state index is 12.1. The number of hydrogen-bond acceptors (Lipinski definition) is 3. The van der Waals surface area contributed by atoms with Crippen LogP contribution in [0.4, 0.5) is 0 Å². The molecule has 114 valence electrons. The van der Waals surface area contributed by atoms with Gasteiger partial charge in [-0.2, -0.15) is 0 Å². The molecule has 1 unspecified atom stereocenters. The first-order valence-corrected chi connectivity index (χ1v) is 8.67. The normalized spacial score (nSPS) is 13.7. The van der Waals surface area contributed by atoms with Crippen molar-refractivity contribution in [3.8, 4) is 0 Å². The fraction of sp³-hybridized carbons (Fsp3) is 0.600. The smallest absolute Gasteiger partial charge is 0.240 e. The molecule has 0 aliphatic rings. The van der Waals surface area contributed by atoms with E-state index in [1.54, 1.807) is 12.1 Å². The van der Waals surface area contributed by atoms with Crippen LogP contribution in [-0.2, 0) is 16.4 Å². The molecule has 0 spiro atoms. The Kier molecular flexibility index (Phi) is 6.65. The van der Waals surface area contributed by atoms with E-state index in [1.165, 1.54) is 0 Å². The van der Waals surface area contributed by atoms with Crippen LogP contribution in [-0.4, -0.2) is 21.0 Å². The summed E-state index contributed by atoms with van der Waals surface area (Å²) in [5.74, 6) is 0.461. The number of rotatable bonds is 8. The summed E-state index contributed by atoms with van der Waals surface area (Å²) in [4.78, 5) is 0.300. The Morgan fingerprint density at radius 2 is 1.80 bits per heavy atom. The van der Waals surface area contributed by atoms with Crippen molar-refractivity contribution in [3.05, 3.63) is 29.8 Å². The molecule has 1 aromatic carbocycles. The van der Waals surface area contributed by atoms with E-state index in [0.29, 0.717) is 10.8 Å². The van der Waals surface area contributed by atoms with E-state index in [-0.39, 0.29) is 12.6 Å². The first-order valence-electron chi connectivity index (χ1n) is 7.19. The molecule has 0 fully saturated rings. The maximum Gasteiger partial charge on any atom is 0.240 e. The van der Waals surface area contributed by atoms with Crippen LogP contribution in [0.1, 0.15) is 39.2 Å². The third-order valence-electron chi connectivity index (χ3n) is 3.08. The summed E-state index contributed by atoms with van der Waals surface area (Å²) in [7, 11) is -3.45. The summed E-state index contributed by atoms with van der Waals surface area (Å²) in [5, 5.41) is 0. The molecule has 20 heavy (non-hydrogen) atoms. The Labute approximate surface area is 122 Å². The van der Waals surface area contributed by atoms with Gasteiger partial charge < -0.3 is 5.73 Å². The van der Waals surface area contributed by atoms with E-state index in [2.05, 4.69) is 25.5 Å². The molecule has 4 nitrogen and oxygen atoms in total. The summed E-state index contributed by atoms with van der Waals surface area (Å²) in [6.07, 6.45) is 2.82. The maximum atomic E-state index is 12.1. The second-order valence-corrected chi connectivity index (χ2v) is 7.40. The van der Waals surface area contributed by atoms with Gasteiger partial charge in [0, 0.05) is 12.6 Å². The molecule has 0 aliphatic heterocycles. The van der Waals surface area contributed by atoms with Crippen LogP contribution in [0.2, 0.25) is 0 Å². The molecule has 0 aromatic heterocycles. The average molecular weight is 298 g/mol.